The van der Waals surface area contributed by atoms with Crippen molar-refractivity contribution in [3.63, 3.8) is 0 Å². The molecule has 1 aromatic heterocycles. The largest absolute Gasteiger partial charge is 0.378 e. The summed E-state index contributed by atoms with van der Waals surface area (Å²) in [5, 5.41) is 7.87. The van der Waals surface area contributed by atoms with Crippen LogP contribution in [0.15, 0.2) is 24.3 Å². The van der Waals surface area contributed by atoms with Crippen molar-refractivity contribution >= 4 is 26.8 Å². The number of amides is 1. The van der Waals surface area contributed by atoms with Gasteiger partial charge in [-0.3, -0.25) is 14.6 Å². The molecule has 1 amide bonds. The van der Waals surface area contributed by atoms with Crippen molar-refractivity contribution in [2.45, 2.75) is 44.2 Å². The zero-order valence-corrected chi connectivity index (χ0v) is 15.3. The van der Waals surface area contributed by atoms with Crippen molar-refractivity contribution in [2.75, 3.05) is 12.4 Å². The minimum absolute atomic E-state index is 0.0551. The molecule has 0 bridgehead atoms. The van der Waals surface area contributed by atoms with Crippen LogP contribution in [0.2, 0.25) is 0 Å². The number of nitrogens with zero attached hydrogens (tertiary/aromatic N) is 1. The molecule has 3 rings (SSSR count). The minimum atomic E-state index is -3.73. The number of aromatic amines is 1. The van der Waals surface area contributed by atoms with E-state index in [1.54, 1.807) is 0 Å². The number of nitrogens with two attached hydrogens (primary N) is 1. The maximum Gasteiger partial charge on any atom is 0.250 e. The molecule has 2 aromatic rings. The predicted octanol–water partition coefficient (Wildman–Crippen LogP) is 0.838. The predicted molar refractivity (Wildman–Crippen MR) is 97.9 cm³/mol. The molecule has 1 aromatic carbocycles. The summed E-state index contributed by atoms with van der Waals surface area (Å²) in [6.07, 6.45) is 3.41. The number of nitrogens with one attached hydrogen (secondary N) is 2. The quantitative estimate of drug-likeness (QED) is 0.653. The molecule has 26 heavy (non-hydrogen) atoms. The van der Waals surface area contributed by atoms with Gasteiger partial charge in [0, 0.05) is 24.1 Å². The van der Waals surface area contributed by atoms with Crippen LogP contribution in [0, 0.1) is 0 Å². The van der Waals surface area contributed by atoms with Crippen molar-refractivity contribution in [1.29, 1.82) is 0 Å². The van der Waals surface area contributed by atoms with E-state index in [9.17, 15) is 13.2 Å². The molecule has 2 atom stereocenters. The number of aromatic nitrogens is 2. The first-order valence-corrected chi connectivity index (χ1v) is 10.4. The lowest BCUT2D eigenvalue weighted by Crippen LogP contribution is -2.45. The lowest BCUT2D eigenvalue weighted by atomic mass is 10.1. The van der Waals surface area contributed by atoms with Gasteiger partial charge in [-0.1, -0.05) is 18.2 Å². The Kier molecular flexibility index (Phi) is 5.90. The van der Waals surface area contributed by atoms with E-state index in [4.69, 9.17) is 10.5 Å². The fourth-order valence-electron chi connectivity index (χ4n) is 3.08. The molecule has 0 aliphatic carbocycles. The lowest BCUT2D eigenvalue weighted by molar-refractivity contribution is -0.120. The number of carbonyl (C=O) groups is 1. The van der Waals surface area contributed by atoms with Gasteiger partial charge >= 0.3 is 0 Å². The van der Waals surface area contributed by atoms with E-state index in [0.29, 0.717) is 18.7 Å². The van der Waals surface area contributed by atoms with Crippen molar-refractivity contribution in [3.8, 4) is 0 Å². The highest BCUT2D eigenvalue weighted by Gasteiger charge is 2.24. The number of para-hydroxylation sites is 1. The summed E-state index contributed by atoms with van der Waals surface area (Å²) in [4.78, 5) is 12.2. The zero-order chi connectivity index (χ0) is 18.6. The summed E-state index contributed by atoms with van der Waals surface area (Å²) in [6.45, 7) is 0.667. The topological polar surface area (TPSA) is 127 Å². The molecule has 4 N–H and O–H groups in total. The van der Waals surface area contributed by atoms with Gasteiger partial charge in [-0.05, 0) is 31.7 Å². The first-order chi connectivity index (χ1) is 12.4. The fourth-order valence-corrected chi connectivity index (χ4v) is 4.22. The van der Waals surface area contributed by atoms with Crippen LogP contribution in [0.3, 0.4) is 0 Å². The van der Waals surface area contributed by atoms with Crippen LogP contribution in [0.4, 0.5) is 0 Å². The van der Waals surface area contributed by atoms with Gasteiger partial charge < -0.3 is 10.5 Å². The summed E-state index contributed by atoms with van der Waals surface area (Å²) < 4.78 is 31.9. The lowest BCUT2D eigenvalue weighted by Gasteiger charge is -2.22. The molecule has 0 saturated carbocycles. The molecule has 8 nitrogen and oxygen atoms in total. The maximum absolute atomic E-state index is 12.2. The molecular formula is C17H24N4O4S. The second-order valence-corrected chi connectivity index (χ2v) is 8.43. The molecule has 0 spiro atoms. The Bertz CT molecular complexity index is 859. The van der Waals surface area contributed by atoms with Crippen LogP contribution in [0.1, 0.15) is 31.4 Å². The van der Waals surface area contributed by atoms with E-state index in [0.717, 1.165) is 30.2 Å². The number of sulfonamides is 1. The number of carbonyl (C=O) groups excluding carboxylic acids is 1. The summed E-state index contributed by atoms with van der Waals surface area (Å²) >= 11 is 0. The fraction of sp³-hybridized carbons (Fsp3) is 0.529. The summed E-state index contributed by atoms with van der Waals surface area (Å²) in [5.41, 5.74) is 7.37. The molecule has 1 saturated heterocycles. The van der Waals surface area contributed by atoms with E-state index in [1.165, 1.54) is 0 Å². The van der Waals surface area contributed by atoms with Crippen LogP contribution in [0.25, 0.3) is 10.9 Å². The Hall–Kier alpha value is -1.97. The normalized spacial score (nSPS) is 19.3. The number of rotatable bonds is 7. The van der Waals surface area contributed by atoms with E-state index in [-0.39, 0.29) is 18.3 Å². The van der Waals surface area contributed by atoms with Crippen LogP contribution in [-0.4, -0.2) is 49.0 Å². The molecule has 142 valence electrons. The Morgan fingerprint density at radius 3 is 2.96 bits per heavy atom. The van der Waals surface area contributed by atoms with Crippen LogP contribution >= 0.6 is 0 Å². The highest BCUT2D eigenvalue weighted by atomic mass is 32.2. The summed E-state index contributed by atoms with van der Waals surface area (Å²) in [5.74, 6) is -0.864. The zero-order valence-electron chi connectivity index (χ0n) is 14.5. The van der Waals surface area contributed by atoms with Crippen LogP contribution < -0.4 is 10.5 Å². The first-order valence-electron chi connectivity index (χ1n) is 8.78. The number of fused-ring (bicyclic) bond motifs is 1. The second kappa shape index (κ2) is 8.15. The average Bonchev–Trinajstić information content (AvgIpc) is 3.04. The number of hydrogen-bond acceptors (Lipinski definition) is 6. The van der Waals surface area contributed by atoms with Gasteiger partial charge in [0.1, 0.15) is 0 Å². The second-order valence-electron chi connectivity index (χ2n) is 6.59. The van der Waals surface area contributed by atoms with Crippen LogP contribution in [-0.2, 0) is 26.0 Å². The van der Waals surface area contributed by atoms with Crippen molar-refractivity contribution < 1.29 is 17.9 Å². The molecule has 0 radical (unpaired) electrons. The molecule has 1 aliphatic heterocycles. The van der Waals surface area contributed by atoms with Crippen molar-refractivity contribution in [2.24, 2.45) is 5.73 Å². The van der Waals surface area contributed by atoms with Gasteiger partial charge in [0.05, 0.1) is 23.4 Å². The van der Waals surface area contributed by atoms with Crippen LogP contribution in [0.5, 0.6) is 0 Å². The number of hydrogen-bond donors (Lipinski definition) is 3. The molecule has 2 unspecified atom stereocenters. The van der Waals surface area contributed by atoms with Crippen molar-refractivity contribution in [1.82, 2.24) is 14.9 Å². The number of benzene rings is 1. The van der Waals surface area contributed by atoms with Crippen molar-refractivity contribution in [3.05, 3.63) is 30.0 Å². The SMILES string of the molecule is NC(Cc1[nH]nc2ccccc12)C(=O)NS(=O)(=O)CCC1CCCCO1. The van der Waals surface area contributed by atoms with Gasteiger partial charge in [0.2, 0.25) is 10.0 Å². The summed E-state index contributed by atoms with van der Waals surface area (Å²) in [6, 6.07) is 6.46. The highest BCUT2D eigenvalue weighted by molar-refractivity contribution is 7.90. The molecule has 1 fully saturated rings. The summed E-state index contributed by atoms with van der Waals surface area (Å²) in [7, 11) is -3.73. The minimum Gasteiger partial charge on any atom is -0.378 e. The third-order valence-electron chi connectivity index (χ3n) is 4.54. The smallest absolute Gasteiger partial charge is 0.250 e. The molecular weight excluding hydrogens is 356 g/mol. The number of H-pyrrole nitrogens is 1. The van der Waals surface area contributed by atoms with E-state index in [1.807, 2.05) is 24.3 Å². The van der Waals surface area contributed by atoms with E-state index >= 15 is 0 Å². The standard InChI is InChI=1S/C17H24N4O4S/c18-14(11-16-13-6-1-2-7-15(13)19-20-16)17(22)21-26(23,24)10-8-12-5-3-4-9-25-12/h1-2,6-7,12,14H,3-5,8-11,18H2,(H,19,20)(H,21,22). The third kappa shape index (κ3) is 4.80. The van der Waals surface area contributed by atoms with Gasteiger partial charge in [-0.2, -0.15) is 5.10 Å². The Morgan fingerprint density at radius 2 is 2.19 bits per heavy atom. The molecule has 2 heterocycles. The molecule has 9 heteroatoms. The van der Waals surface area contributed by atoms with Gasteiger partial charge in [0.15, 0.2) is 0 Å². The third-order valence-corrected chi connectivity index (χ3v) is 5.83. The Balaban J connectivity index is 1.54. The molecule has 1 aliphatic rings. The van der Waals surface area contributed by atoms with E-state index in [2.05, 4.69) is 14.9 Å². The number of ether oxygens (including phenoxy) is 1. The van der Waals surface area contributed by atoms with E-state index < -0.39 is 22.0 Å². The van der Waals surface area contributed by atoms with Gasteiger partial charge in [0.25, 0.3) is 5.91 Å². The Labute approximate surface area is 152 Å². The maximum atomic E-state index is 12.2. The van der Waals surface area contributed by atoms with Gasteiger partial charge in [-0.15, -0.1) is 0 Å². The monoisotopic (exact) mass is 380 g/mol. The highest BCUT2D eigenvalue weighted by Crippen LogP contribution is 2.17. The average molecular weight is 380 g/mol. The Morgan fingerprint density at radius 1 is 1.38 bits per heavy atom. The first kappa shape index (κ1) is 18.8. The van der Waals surface area contributed by atoms with Gasteiger partial charge in [-0.25, -0.2) is 8.42 Å².